The maximum absolute atomic E-state index is 9.65. The molecule has 4 heterocycles. The highest BCUT2D eigenvalue weighted by Crippen LogP contribution is 2.51. The summed E-state index contributed by atoms with van der Waals surface area (Å²) in [6.45, 7) is 5.78. The first-order chi connectivity index (χ1) is 49.5. The molecular weight excluding hydrogens is 1050 g/mol. The number of benzene rings is 13. The number of nitrogens with zero attached hydrogens (tertiary/aromatic N) is 4. The normalized spacial score (nSPS) is 15.3. The van der Waals surface area contributed by atoms with Gasteiger partial charge in [-0.3, -0.25) is 0 Å². The minimum atomic E-state index is -0.678. The minimum absolute atomic E-state index is 0.0370. The summed E-state index contributed by atoms with van der Waals surface area (Å²) in [6.07, 6.45) is 0. The van der Waals surface area contributed by atoms with Crippen molar-refractivity contribution in [3.05, 3.63) is 308 Å². The lowest BCUT2D eigenvalue weighted by Crippen LogP contribution is -2.61. The summed E-state index contributed by atoms with van der Waals surface area (Å²) >= 11 is 0. The van der Waals surface area contributed by atoms with Crippen LogP contribution in [0.2, 0.25) is 0 Å². The van der Waals surface area contributed by atoms with Crippen LogP contribution in [-0.2, 0) is 5.41 Å². The second-order valence-corrected chi connectivity index (χ2v) is 23.3. The highest BCUT2D eigenvalue weighted by molar-refractivity contribution is 7.00. The van der Waals surface area contributed by atoms with E-state index >= 15 is 0 Å². The van der Waals surface area contributed by atoms with E-state index in [1.165, 1.54) is 0 Å². The smallest absolute Gasteiger partial charge is 0.252 e. The number of anilines is 6. The second kappa shape index (κ2) is 19.9. The molecule has 87 heavy (non-hydrogen) atoms. The Balaban J connectivity index is 1.03. The molecule has 0 spiro atoms. The third-order valence-corrected chi connectivity index (χ3v) is 17.3. The van der Waals surface area contributed by atoms with Gasteiger partial charge in [0.15, 0.2) is 0 Å². The first kappa shape index (κ1) is 36.7. The van der Waals surface area contributed by atoms with Crippen molar-refractivity contribution in [2.75, 3.05) is 9.80 Å². The molecule has 2 aliphatic heterocycles. The van der Waals surface area contributed by atoms with Crippen LogP contribution < -0.4 is 26.2 Å². The summed E-state index contributed by atoms with van der Waals surface area (Å²) in [5, 5.41) is -0.242. The molecule has 0 atom stereocenters. The fraction of sp³-hybridized carbons (Fsp3) is 0.0488. The maximum Gasteiger partial charge on any atom is 0.252 e. The Morgan fingerprint density at radius 2 is 0.667 bits per heavy atom. The van der Waals surface area contributed by atoms with Crippen molar-refractivity contribution in [3.8, 4) is 55.9 Å². The highest BCUT2D eigenvalue weighted by Gasteiger charge is 2.45. The molecule has 0 amide bonds. The van der Waals surface area contributed by atoms with E-state index in [2.05, 4.69) is 128 Å². The molecule has 0 aliphatic carbocycles. The van der Waals surface area contributed by atoms with Gasteiger partial charge in [-0.1, -0.05) is 239 Å². The lowest BCUT2D eigenvalue weighted by atomic mass is 9.33. The van der Waals surface area contributed by atoms with E-state index in [9.17, 15) is 11.0 Å². The van der Waals surface area contributed by atoms with Crippen molar-refractivity contribution in [3.63, 3.8) is 0 Å². The molecule has 17 rings (SSSR count). The molecule has 5 heteroatoms. The first-order valence-electron chi connectivity index (χ1n) is 37.0. The van der Waals surface area contributed by atoms with Gasteiger partial charge in [0.1, 0.15) is 0 Å². The van der Waals surface area contributed by atoms with Crippen molar-refractivity contribution in [2.45, 2.75) is 26.2 Å². The van der Waals surface area contributed by atoms with Crippen molar-refractivity contribution >= 4 is 101 Å². The third kappa shape index (κ3) is 8.07. The van der Waals surface area contributed by atoms with Crippen LogP contribution in [0.4, 0.5) is 34.1 Å². The van der Waals surface area contributed by atoms with Gasteiger partial charge in [0, 0.05) is 66.8 Å². The average Bonchev–Trinajstić information content (AvgIpc) is 1.57. The Morgan fingerprint density at radius 3 is 1.07 bits per heavy atom. The Kier molecular flexibility index (Phi) is 8.39. The van der Waals surface area contributed by atoms with Crippen LogP contribution in [-0.4, -0.2) is 15.8 Å². The summed E-state index contributed by atoms with van der Waals surface area (Å²) in [5.74, 6) is 0. The topological polar surface area (TPSA) is 16.3 Å². The quantitative estimate of drug-likeness (QED) is 0.141. The Hall–Kier alpha value is -10.9. The number of aromatic nitrogens is 2. The van der Waals surface area contributed by atoms with Crippen molar-refractivity contribution in [2.24, 2.45) is 0 Å². The van der Waals surface area contributed by atoms with Crippen LogP contribution in [0.1, 0.15) is 48.3 Å². The molecule has 2 aromatic heterocycles. The summed E-state index contributed by atoms with van der Waals surface area (Å²) in [7, 11) is 0. The van der Waals surface area contributed by atoms with E-state index in [1.54, 1.807) is 9.13 Å². The minimum Gasteiger partial charge on any atom is -0.311 e. The Labute approximate surface area is 530 Å². The zero-order valence-corrected chi connectivity index (χ0v) is 47.5. The van der Waals surface area contributed by atoms with Gasteiger partial charge in [0.05, 0.1) is 55.4 Å². The van der Waals surface area contributed by atoms with Gasteiger partial charge in [-0.15, -0.1) is 0 Å². The zero-order valence-electron chi connectivity index (χ0n) is 63.5. The molecule has 0 bridgehead atoms. The molecule has 2 aliphatic rings. The maximum atomic E-state index is 9.65. The molecule has 0 N–H and O–H groups in total. The molecule has 0 radical (unpaired) electrons. The van der Waals surface area contributed by atoms with Crippen LogP contribution in [0.3, 0.4) is 0 Å². The largest absolute Gasteiger partial charge is 0.311 e. The lowest BCUT2D eigenvalue weighted by molar-refractivity contribution is 0.590. The zero-order chi connectivity index (χ0) is 71.8. The molecule has 15 aromatic rings. The number of hydrogen-bond donors (Lipinski definition) is 0. The molecule has 0 fully saturated rings. The van der Waals surface area contributed by atoms with E-state index in [4.69, 9.17) is 11.0 Å². The number of para-hydroxylation sites is 6. The van der Waals surface area contributed by atoms with Gasteiger partial charge in [-0.05, 0) is 146 Å². The van der Waals surface area contributed by atoms with E-state index in [0.717, 1.165) is 89.2 Å². The summed E-state index contributed by atoms with van der Waals surface area (Å²) in [6, 6.07) is 61.4. The van der Waals surface area contributed by atoms with Gasteiger partial charge in [0.25, 0.3) is 6.71 Å². The van der Waals surface area contributed by atoms with Crippen LogP contribution >= 0.6 is 0 Å². The third-order valence-electron chi connectivity index (χ3n) is 17.3. The van der Waals surface area contributed by atoms with Crippen LogP contribution in [0.5, 0.6) is 0 Å². The van der Waals surface area contributed by atoms with Crippen LogP contribution in [0, 0.1) is 0 Å². The lowest BCUT2D eigenvalue weighted by Gasteiger charge is -2.46. The number of hydrogen-bond acceptors (Lipinski definition) is 2. The Morgan fingerprint density at radius 1 is 0.310 bits per heavy atom. The molecule has 410 valence electrons. The summed E-state index contributed by atoms with van der Waals surface area (Å²) in [4.78, 5) is 4.50. The SMILES string of the molecule is [2H]c1c([2H])c([2H])c2c(c1[2H])c1c([2H])c([2H])c([2H])c([2H])c1n2-c1ccc2c(c1)N(c1ccccc1-c1cccc(-c3ccccc3)c1)c1cc(C(C)(C)C)cc3c1B2c1ccc(-n2c4c([2H])c([2H])c([2H])c([2H])c4c4c([2H])c([2H])c([2H])c([2H])c42)cc1N3c1ccccc1-c1cccc(-c2ccccc2)c1. The van der Waals surface area contributed by atoms with Crippen molar-refractivity contribution < 1.29 is 21.9 Å². The predicted molar refractivity (Wildman–Crippen MR) is 370 cm³/mol. The molecule has 13 aromatic carbocycles. The van der Waals surface area contributed by atoms with E-state index in [0.29, 0.717) is 22.7 Å². The van der Waals surface area contributed by atoms with Gasteiger partial charge in [-0.25, -0.2) is 0 Å². The van der Waals surface area contributed by atoms with Gasteiger partial charge in [0.2, 0.25) is 0 Å². The van der Waals surface area contributed by atoms with E-state index in [1.807, 2.05) is 109 Å². The predicted octanol–water partition coefficient (Wildman–Crippen LogP) is 19.9. The van der Waals surface area contributed by atoms with Crippen molar-refractivity contribution in [1.29, 1.82) is 0 Å². The highest BCUT2D eigenvalue weighted by atomic mass is 15.2. The second-order valence-electron chi connectivity index (χ2n) is 23.3. The number of fused-ring (bicyclic) bond motifs is 10. The molecule has 4 nitrogen and oxygen atoms in total. The van der Waals surface area contributed by atoms with E-state index < -0.39 is 109 Å². The molecular formula is C82H59BN4. The molecule has 0 saturated heterocycles. The van der Waals surface area contributed by atoms with Gasteiger partial charge >= 0.3 is 0 Å². The van der Waals surface area contributed by atoms with Crippen LogP contribution in [0.15, 0.2) is 303 Å². The van der Waals surface area contributed by atoms with Crippen LogP contribution in [0.25, 0.3) is 99.5 Å². The van der Waals surface area contributed by atoms with Gasteiger partial charge in [-0.2, -0.15) is 0 Å². The molecule has 0 unspecified atom stereocenters. The number of rotatable bonds is 8. The standard InChI is InChI=1S/C82H59BN4/c1-82(2,3)60-50-79-81-80(51-60)87(72-39-17-11-33-64(72)59-31-23-29-57(49-59)55-26-8-5-9-27-55)78-53-62(85-75-42-20-14-36-67(75)68-37-15-21-43-76(68)85)45-47-70(78)83(81)69-46-44-61(84-73-40-18-12-34-65(73)66-35-13-19-41-74(66)84)52-77(69)86(79)71-38-16-10-32-63(71)58-30-22-28-56(48-58)54-24-6-4-7-25-54/h4-53H,1-3H3/i12D,13D,14D,15D,18D,19D,20D,21D,34D,35D,36D,37D,40D,41D,42D,43D. The fourth-order valence-electron chi connectivity index (χ4n) is 13.4. The van der Waals surface area contributed by atoms with E-state index in [-0.39, 0.29) is 43.6 Å². The van der Waals surface area contributed by atoms with Gasteiger partial charge < -0.3 is 18.9 Å². The average molecular weight is 1130 g/mol. The monoisotopic (exact) mass is 1130 g/mol. The fourth-order valence-corrected chi connectivity index (χ4v) is 13.4. The van der Waals surface area contributed by atoms with Crippen molar-refractivity contribution in [1.82, 2.24) is 9.13 Å². The Bertz CT molecular complexity index is 5710. The first-order valence-corrected chi connectivity index (χ1v) is 29.0. The summed E-state index contributed by atoms with van der Waals surface area (Å²) in [5.41, 5.74) is 15.1. The summed E-state index contributed by atoms with van der Waals surface area (Å²) < 4.78 is 151. The molecule has 0 saturated carbocycles.